The second-order valence-electron chi connectivity index (χ2n) is 5.86. The molecule has 0 aliphatic carbocycles. The van der Waals surface area contributed by atoms with Gasteiger partial charge < -0.3 is 0 Å². The number of sulfonamides is 1. The van der Waals surface area contributed by atoms with Crippen LogP contribution in [0.5, 0.6) is 0 Å². The lowest BCUT2D eigenvalue weighted by Crippen LogP contribution is -2.43. The number of hydrogen-bond acceptors (Lipinski definition) is 4. The predicted molar refractivity (Wildman–Crippen MR) is 95.9 cm³/mol. The summed E-state index contributed by atoms with van der Waals surface area (Å²) in [6.07, 6.45) is 0.255. The number of benzene rings is 2. The van der Waals surface area contributed by atoms with E-state index in [4.69, 9.17) is 0 Å². The molecule has 1 aromatic heterocycles. The number of nitrogens with zero attached hydrogens (tertiary/aromatic N) is 2. The van der Waals surface area contributed by atoms with Crippen LogP contribution >= 0.6 is 0 Å². The van der Waals surface area contributed by atoms with Crippen LogP contribution in [-0.4, -0.2) is 29.9 Å². The summed E-state index contributed by atoms with van der Waals surface area (Å²) in [5, 5.41) is 0. The molecule has 1 N–H and O–H groups in total. The van der Waals surface area contributed by atoms with Gasteiger partial charge in [0.05, 0.1) is 15.9 Å². The molecule has 1 unspecified atom stereocenters. The predicted octanol–water partition coefficient (Wildman–Crippen LogP) is 2.88. The maximum Gasteiger partial charge on any atom is 0.250 e. The van der Waals surface area contributed by atoms with Gasteiger partial charge in [-0.2, -0.15) is 4.72 Å². The van der Waals surface area contributed by atoms with Crippen molar-refractivity contribution in [3.05, 3.63) is 60.2 Å². The number of imidazole rings is 1. The van der Waals surface area contributed by atoms with Gasteiger partial charge in [0.2, 0.25) is 10.0 Å². The molecule has 3 rings (SSSR count). The van der Waals surface area contributed by atoms with Crippen LogP contribution in [0.4, 0.5) is 4.39 Å². The summed E-state index contributed by atoms with van der Waals surface area (Å²) in [5.74, 6) is -0.465. The van der Waals surface area contributed by atoms with Crippen LogP contribution < -0.4 is 4.72 Å². The highest BCUT2D eigenvalue weighted by Gasteiger charge is 2.27. The summed E-state index contributed by atoms with van der Waals surface area (Å²) in [7, 11) is -3.96. The molecule has 0 saturated heterocycles. The Balaban J connectivity index is 1.94. The van der Waals surface area contributed by atoms with Crippen LogP contribution in [0, 0.1) is 12.7 Å². The van der Waals surface area contributed by atoms with E-state index in [1.807, 2.05) is 6.07 Å². The first kappa shape index (κ1) is 18.2. The Morgan fingerprint density at radius 1 is 1.19 bits per heavy atom. The minimum atomic E-state index is -3.96. The topological polar surface area (TPSA) is 81.1 Å². The van der Waals surface area contributed by atoms with Gasteiger partial charge in [0.1, 0.15) is 17.7 Å². The zero-order valence-electron chi connectivity index (χ0n) is 14.3. The smallest absolute Gasteiger partial charge is 0.250 e. The lowest BCUT2D eigenvalue weighted by atomic mass is 10.2. The fraction of sp³-hybridized carbons (Fsp3) is 0.222. The number of aryl methyl sites for hydroxylation is 1. The number of halogens is 1. The van der Waals surface area contributed by atoms with Gasteiger partial charge in [-0.1, -0.05) is 19.1 Å². The summed E-state index contributed by atoms with van der Waals surface area (Å²) in [5.41, 5.74) is 1.28. The normalized spacial score (nSPS) is 13.0. The number of carbonyl (C=O) groups excluding carboxylic acids is 1. The van der Waals surface area contributed by atoms with Crippen molar-refractivity contribution in [3.63, 3.8) is 0 Å². The molecule has 3 aromatic rings. The Kier molecular flexibility index (Phi) is 4.88. The summed E-state index contributed by atoms with van der Waals surface area (Å²) >= 11 is 0. The SMILES string of the molecule is CCC(NS(=O)(=O)c1ccc(F)cc1)C(=O)n1c(C)nc2ccccc21. The number of para-hydroxylation sites is 2. The van der Waals surface area contributed by atoms with E-state index >= 15 is 0 Å². The van der Waals surface area contributed by atoms with Crippen molar-refractivity contribution in [3.8, 4) is 0 Å². The highest BCUT2D eigenvalue weighted by Crippen LogP contribution is 2.18. The second kappa shape index (κ2) is 6.97. The van der Waals surface area contributed by atoms with Crippen molar-refractivity contribution < 1.29 is 17.6 Å². The molecule has 1 atom stereocenters. The van der Waals surface area contributed by atoms with Crippen molar-refractivity contribution in [1.82, 2.24) is 14.3 Å². The van der Waals surface area contributed by atoms with Crippen LogP contribution in [-0.2, 0) is 10.0 Å². The Morgan fingerprint density at radius 3 is 2.50 bits per heavy atom. The van der Waals surface area contributed by atoms with E-state index in [0.717, 1.165) is 24.3 Å². The number of nitrogens with one attached hydrogen (secondary N) is 1. The highest BCUT2D eigenvalue weighted by atomic mass is 32.2. The lowest BCUT2D eigenvalue weighted by molar-refractivity contribution is 0.0871. The lowest BCUT2D eigenvalue weighted by Gasteiger charge is -2.17. The quantitative estimate of drug-likeness (QED) is 0.743. The molecular formula is C18H18FN3O3S. The molecule has 6 nitrogen and oxygen atoms in total. The minimum absolute atomic E-state index is 0.0997. The van der Waals surface area contributed by atoms with Crippen LogP contribution in [0.15, 0.2) is 53.4 Å². The fourth-order valence-electron chi connectivity index (χ4n) is 2.76. The third kappa shape index (κ3) is 3.38. The third-order valence-electron chi connectivity index (χ3n) is 4.08. The van der Waals surface area contributed by atoms with Crippen LogP contribution in [0.3, 0.4) is 0 Å². The summed E-state index contributed by atoms with van der Waals surface area (Å²) in [6, 6.07) is 10.6. The summed E-state index contributed by atoms with van der Waals surface area (Å²) < 4.78 is 41.9. The first-order chi connectivity index (χ1) is 12.3. The number of fused-ring (bicyclic) bond motifs is 1. The Hall–Kier alpha value is -2.58. The van der Waals surface area contributed by atoms with Crippen molar-refractivity contribution >= 4 is 27.0 Å². The molecule has 0 radical (unpaired) electrons. The molecule has 0 aliphatic rings. The van der Waals surface area contributed by atoms with Gasteiger partial charge in [0.15, 0.2) is 0 Å². The average Bonchev–Trinajstić information content (AvgIpc) is 2.95. The molecule has 0 amide bonds. The number of aromatic nitrogens is 2. The maximum absolute atomic E-state index is 13.0. The first-order valence-electron chi connectivity index (χ1n) is 8.09. The number of hydrogen-bond donors (Lipinski definition) is 1. The number of carbonyl (C=O) groups is 1. The van der Waals surface area contributed by atoms with Crippen molar-refractivity contribution in [2.45, 2.75) is 31.2 Å². The van der Waals surface area contributed by atoms with Gasteiger partial charge in [-0.05, 0) is 49.7 Å². The molecule has 26 heavy (non-hydrogen) atoms. The molecule has 0 spiro atoms. The van der Waals surface area contributed by atoms with E-state index < -0.39 is 27.8 Å². The van der Waals surface area contributed by atoms with Crippen LogP contribution in [0.25, 0.3) is 11.0 Å². The maximum atomic E-state index is 13.0. The molecule has 1 heterocycles. The monoisotopic (exact) mass is 375 g/mol. The molecular weight excluding hydrogens is 357 g/mol. The zero-order valence-corrected chi connectivity index (χ0v) is 15.1. The van der Waals surface area contributed by atoms with Gasteiger partial charge in [0, 0.05) is 0 Å². The summed E-state index contributed by atoms with van der Waals surface area (Å²) in [6.45, 7) is 3.41. The number of rotatable bonds is 5. The standard InChI is InChI=1S/C18H18FN3O3S/c1-3-15(21-26(24,25)14-10-8-13(19)9-11-14)18(23)22-12(2)20-16-6-4-5-7-17(16)22/h4-11,15,21H,3H2,1-2H3. The van der Waals surface area contributed by atoms with Crippen LogP contribution in [0.1, 0.15) is 24.0 Å². The minimum Gasteiger partial charge on any atom is -0.272 e. The van der Waals surface area contributed by atoms with Crippen molar-refractivity contribution in [1.29, 1.82) is 0 Å². The van der Waals surface area contributed by atoms with Gasteiger partial charge in [0.25, 0.3) is 5.91 Å². The second-order valence-corrected chi connectivity index (χ2v) is 7.57. The Bertz CT molecular complexity index is 1060. The van der Waals surface area contributed by atoms with Crippen LogP contribution in [0.2, 0.25) is 0 Å². The molecule has 0 aliphatic heterocycles. The molecule has 2 aromatic carbocycles. The fourth-order valence-corrected chi connectivity index (χ4v) is 4.03. The van der Waals surface area contributed by atoms with E-state index in [0.29, 0.717) is 16.9 Å². The molecule has 8 heteroatoms. The van der Waals surface area contributed by atoms with Gasteiger partial charge in [-0.15, -0.1) is 0 Å². The third-order valence-corrected chi connectivity index (χ3v) is 5.56. The van der Waals surface area contributed by atoms with E-state index in [1.165, 1.54) is 4.57 Å². The largest absolute Gasteiger partial charge is 0.272 e. The first-order valence-corrected chi connectivity index (χ1v) is 9.58. The van der Waals surface area contributed by atoms with E-state index in [1.54, 1.807) is 32.0 Å². The highest BCUT2D eigenvalue weighted by molar-refractivity contribution is 7.89. The molecule has 0 saturated carbocycles. The van der Waals surface area contributed by atoms with Crippen molar-refractivity contribution in [2.75, 3.05) is 0 Å². The van der Waals surface area contributed by atoms with E-state index in [-0.39, 0.29) is 11.3 Å². The van der Waals surface area contributed by atoms with E-state index in [2.05, 4.69) is 9.71 Å². The molecule has 136 valence electrons. The van der Waals surface area contributed by atoms with E-state index in [9.17, 15) is 17.6 Å². The average molecular weight is 375 g/mol. The zero-order chi connectivity index (χ0) is 18.9. The Labute approximate surface area is 150 Å². The Morgan fingerprint density at radius 2 is 1.85 bits per heavy atom. The van der Waals surface area contributed by atoms with Crippen molar-refractivity contribution in [2.24, 2.45) is 0 Å². The van der Waals surface area contributed by atoms with Gasteiger partial charge >= 0.3 is 0 Å². The molecule has 0 bridgehead atoms. The van der Waals surface area contributed by atoms with Gasteiger partial charge in [-0.3, -0.25) is 9.36 Å². The van der Waals surface area contributed by atoms with Gasteiger partial charge in [-0.25, -0.2) is 17.8 Å². The molecule has 0 fully saturated rings. The summed E-state index contributed by atoms with van der Waals surface area (Å²) in [4.78, 5) is 17.2.